The Balaban J connectivity index is 2.00. The van der Waals surface area contributed by atoms with Gasteiger partial charge < -0.3 is 10.0 Å². The molecule has 6 nitrogen and oxygen atoms in total. The van der Waals surface area contributed by atoms with E-state index in [9.17, 15) is 14.7 Å². The van der Waals surface area contributed by atoms with Crippen molar-refractivity contribution in [2.24, 2.45) is 5.92 Å². The van der Waals surface area contributed by atoms with E-state index >= 15 is 0 Å². The number of rotatable bonds is 3. The van der Waals surface area contributed by atoms with Gasteiger partial charge in [0.15, 0.2) is 0 Å². The highest BCUT2D eigenvalue weighted by atomic mass is 16.4. The topological polar surface area (TPSA) is 75.4 Å². The van der Waals surface area contributed by atoms with Gasteiger partial charge in [-0.15, -0.1) is 0 Å². The van der Waals surface area contributed by atoms with Crippen LogP contribution in [0.25, 0.3) is 5.69 Å². The molecule has 1 N–H and O–H groups in total. The van der Waals surface area contributed by atoms with Gasteiger partial charge in [-0.2, -0.15) is 5.10 Å². The molecule has 2 heterocycles. The summed E-state index contributed by atoms with van der Waals surface area (Å²) in [6.07, 6.45) is 2.25. The Morgan fingerprint density at radius 2 is 1.85 bits per heavy atom. The van der Waals surface area contributed by atoms with E-state index in [2.05, 4.69) is 5.10 Å². The van der Waals surface area contributed by atoms with E-state index < -0.39 is 11.9 Å². The first-order valence-electron chi connectivity index (χ1n) is 8.89. The van der Waals surface area contributed by atoms with Gasteiger partial charge in [-0.05, 0) is 25.5 Å². The van der Waals surface area contributed by atoms with Gasteiger partial charge in [-0.3, -0.25) is 9.59 Å². The summed E-state index contributed by atoms with van der Waals surface area (Å²) in [5.74, 6) is -1.50. The van der Waals surface area contributed by atoms with Gasteiger partial charge in [-0.25, -0.2) is 4.68 Å². The highest BCUT2D eigenvalue weighted by Gasteiger charge is 2.40. The maximum atomic E-state index is 13.2. The van der Waals surface area contributed by atoms with Crippen LogP contribution in [0.3, 0.4) is 0 Å². The lowest BCUT2D eigenvalue weighted by molar-refractivity contribution is -0.142. The van der Waals surface area contributed by atoms with Gasteiger partial charge in [0, 0.05) is 24.2 Å². The third kappa shape index (κ3) is 3.23. The molecule has 1 aliphatic heterocycles. The van der Waals surface area contributed by atoms with E-state index in [-0.39, 0.29) is 17.4 Å². The lowest BCUT2D eigenvalue weighted by atomic mass is 9.89. The van der Waals surface area contributed by atoms with Gasteiger partial charge in [-0.1, -0.05) is 39.0 Å². The van der Waals surface area contributed by atoms with Crippen LogP contribution < -0.4 is 0 Å². The van der Waals surface area contributed by atoms with E-state index in [1.165, 1.54) is 0 Å². The maximum Gasteiger partial charge on any atom is 0.308 e. The normalized spacial score (nSPS) is 20.4. The van der Waals surface area contributed by atoms with Crippen molar-refractivity contribution in [1.29, 1.82) is 0 Å². The van der Waals surface area contributed by atoms with Crippen LogP contribution in [0.5, 0.6) is 0 Å². The molecule has 3 rings (SSSR count). The molecule has 6 heteroatoms. The first-order valence-corrected chi connectivity index (χ1v) is 8.89. The first-order chi connectivity index (χ1) is 12.2. The van der Waals surface area contributed by atoms with Crippen molar-refractivity contribution in [2.45, 2.75) is 45.6 Å². The second kappa shape index (κ2) is 6.59. The highest BCUT2D eigenvalue weighted by Crippen LogP contribution is 2.30. The number of nitrogens with zero attached hydrogens (tertiary/aromatic N) is 3. The number of carboxylic acids is 1. The second-order valence-corrected chi connectivity index (χ2v) is 7.89. The third-order valence-corrected chi connectivity index (χ3v) is 5.01. The number of para-hydroxylation sites is 1. The Bertz CT molecular complexity index is 821. The number of aromatic nitrogens is 2. The smallest absolute Gasteiger partial charge is 0.308 e. The molecule has 0 spiro atoms. The van der Waals surface area contributed by atoms with Gasteiger partial charge in [0.2, 0.25) is 0 Å². The molecule has 1 saturated heterocycles. The second-order valence-electron chi connectivity index (χ2n) is 7.89. The van der Waals surface area contributed by atoms with Crippen molar-refractivity contribution < 1.29 is 14.7 Å². The Labute approximate surface area is 153 Å². The maximum absolute atomic E-state index is 13.2. The van der Waals surface area contributed by atoms with Crippen molar-refractivity contribution in [1.82, 2.24) is 14.7 Å². The Hall–Kier alpha value is -2.63. The number of carbonyl (C=O) groups is 2. The fourth-order valence-corrected chi connectivity index (χ4v) is 3.51. The summed E-state index contributed by atoms with van der Waals surface area (Å²) >= 11 is 0. The fourth-order valence-electron chi connectivity index (χ4n) is 3.51. The Kier molecular flexibility index (Phi) is 4.61. The molecule has 0 saturated carbocycles. The summed E-state index contributed by atoms with van der Waals surface area (Å²) in [7, 11) is 0. The van der Waals surface area contributed by atoms with Crippen molar-refractivity contribution in [3.63, 3.8) is 0 Å². The number of likely N-dealkylation sites (tertiary alicyclic amines) is 1. The molecule has 1 aliphatic rings. The Morgan fingerprint density at radius 3 is 2.38 bits per heavy atom. The summed E-state index contributed by atoms with van der Waals surface area (Å²) in [4.78, 5) is 26.3. The van der Waals surface area contributed by atoms with E-state index in [4.69, 9.17) is 0 Å². The molecular weight excluding hydrogens is 330 g/mol. The molecule has 138 valence electrons. The van der Waals surface area contributed by atoms with Gasteiger partial charge >= 0.3 is 5.97 Å². The molecule has 2 aromatic rings. The molecule has 1 aromatic carbocycles. The lowest BCUT2D eigenvalue weighted by Crippen LogP contribution is -2.38. The average Bonchev–Trinajstić information content (AvgIpc) is 3.19. The quantitative estimate of drug-likeness (QED) is 0.918. The van der Waals surface area contributed by atoms with Crippen LogP contribution in [0.4, 0.5) is 0 Å². The van der Waals surface area contributed by atoms with Crippen LogP contribution in [-0.2, 0) is 10.2 Å². The number of carboxylic acid groups (broad SMARTS) is 1. The lowest BCUT2D eigenvalue weighted by Gasteiger charge is -2.25. The average molecular weight is 355 g/mol. The largest absolute Gasteiger partial charge is 0.481 e. The summed E-state index contributed by atoms with van der Waals surface area (Å²) in [6.45, 7) is 8.33. The number of amides is 1. The van der Waals surface area contributed by atoms with Crippen LogP contribution in [0.15, 0.2) is 36.5 Å². The minimum atomic E-state index is -0.844. The fraction of sp³-hybridized carbons (Fsp3) is 0.450. The zero-order valence-corrected chi connectivity index (χ0v) is 15.6. The van der Waals surface area contributed by atoms with E-state index in [1.54, 1.807) is 15.8 Å². The predicted octanol–water partition coefficient (Wildman–Crippen LogP) is 3.11. The SMILES string of the molecule is CC1C(C(=O)O)CCN1C(=O)c1cn(-c2ccccc2)nc1C(C)(C)C. The summed E-state index contributed by atoms with van der Waals surface area (Å²) in [5, 5.41) is 14.0. The standard InChI is InChI=1S/C20H25N3O3/c1-13-15(19(25)26)10-11-22(13)18(24)16-12-23(14-8-6-5-7-9-14)21-17(16)20(2,3)4/h5-9,12-13,15H,10-11H2,1-4H3,(H,25,26). The molecule has 0 aliphatic carbocycles. The monoisotopic (exact) mass is 355 g/mol. The minimum Gasteiger partial charge on any atom is -0.481 e. The zero-order chi connectivity index (χ0) is 19.1. The van der Waals surface area contributed by atoms with Crippen molar-refractivity contribution in [3.05, 3.63) is 47.8 Å². The van der Waals surface area contributed by atoms with Crippen LogP contribution >= 0.6 is 0 Å². The molecule has 1 fully saturated rings. The summed E-state index contributed by atoms with van der Waals surface area (Å²) < 4.78 is 1.73. The van der Waals surface area contributed by atoms with Gasteiger partial charge in [0.05, 0.1) is 22.9 Å². The molecule has 2 atom stereocenters. The highest BCUT2D eigenvalue weighted by molar-refractivity contribution is 5.96. The zero-order valence-electron chi connectivity index (χ0n) is 15.6. The first kappa shape index (κ1) is 18.2. The van der Waals surface area contributed by atoms with E-state index in [1.807, 2.05) is 58.0 Å². The van der Waals surface area contributed by atoms with E-state index in [0.717, 1.165) is 11.4 Å². The minimum absolute atomic E-state index is 0.145. The van der Waals surface area contributed by atoms with Crippen LogP contribution in [-0.4, -0.2) is 44.3 Å². The molecule has 26 heavy (non-hydrogen) atoms. The van der Waals surface area contributed by atoms with Crippen LogP contribution in [0.1, 0.15) is 50.2 Å². The number of benzene rings is 1. The molecule has 1 amide bonds. The number of hydrogen-bond donors (Lipinski definition) is 1. The molecular formula is C20H25N3O3. The molecule has 0 bridgehead atoms. The summed E-state index contributed by atoms with van der Waals surface area (Å²) in [6, 6.07) is 9.33. The van der Waals surface area contributed by atoms with Crippen molar-refractivity contribution >= 4 is 11.9 Å². The van der Waals surface area contributed by atoms with Crippen molar-refractivity contribution in [2.75, 3.05) is 6.54 Å². The molecule has 0 radical (unpaired) electrons. The number of carbonyl (C=O) groups excluding carboxylic acids is 1. The van der Waals surface area contributed by atoms with Crippen LogP contribution in [0, 0.1) is 5.92 Å². The van der Waals surface area contributed by atoms with Gasteiger partial charge in [0.1, 0.15) is 0 Å². The summed E-state index contributed by atoms with van der Waals surface area (Å²) in [5.41, 5.74) is 1.84. The van der Waals surface area contributed by atoms with Crippen LogP contribution in [0.2, 0.25) is 0 Å². The Morgan fingerprint density at radius 1 is 1.19 bits per heavy atom. The number of hydrogen-bond acceptors (Lipinski definition) is 3. The molecule has 1 aromatic heterocycles. The van der Waals surface area contributed by atoms with Gasteiger partial charge in [0.25, 0.3) is 5.91 Å². The van der Waals surface area contributed by atoms with E-state index in [0.29, 0.717) is 18.5 Å². The molecule has 2 unspecified atom stereocenters. The van der Waals surface area contributed by atoms with Crippen molar-refractivity contribution in [3.8, 4) is 5.69 Å². The third-order valence-electron chi connectivity index (χ3n) is 5.01. The predicted molar refractivity (Wildman–Crippen MR) is 98.5 cm³/mol. The number of aliphatic carboxylic acids is 1.